The van der Waals surface area contributed by atoms with Gasteiger partial charge in [-0.25, -0.2) is 4.90 Å². The fourth-order valence-electron chi connectivity index (χ4n) is 5.92. The highest BCUT2D eigenvalue weighted by atomic mass is 19.4. The van der Waals surface area contributed by atoms with E-state index >= 15 is 0 Å². The number of hydrogen-bond donors (Lipinski definition) is 0. The summed E-state index contributed by atoms with van der Waals surface area (Å²) in [4.78, 5) is 45.5. The van der Waals surface area contributed by atoms with Gasteiger partial charge in [0.15, 0.2) is 11.5 Å². The summed E-state index contributed by atoms with van der Waals surface area (Å²) in [5, 5.41) is 0.779. The molecule has 0 atom stereocenters. The van der Waals surface area contributed by atoms with Crippen LogP contribution in [0.2, 0.25) is 0 Å². The van der Waals surface area contributed by atoms with Gasteiger partial charge in [-0.15, -0.1) is 0 Å². The minimum absolute atomic E-state index is 0.146. The van der Waals surface area contributed by atoms with Gasteiger partial charge in [0.2, 0.25) is 6.79 Å². The van der Waals surface area contributed by atoms with Crippen LogP contribution in [-0.2, 0) is 12.7 Å². The van der Waals surface area contributed by atoms with Gasteiger partial charge in [0.25, 0.3) is 17.7 Å². The Hall–Kier alpha value is -4.90. The SMILES string of the molecule is O=C(c1ccc2c3c(cccc13)C(=O)N(c1cccc(C(F)(F)F)c1)C2=O)N1CCN(Cc2ccc3c(c2)OCO3)CC1. The summed E-state index contributed by atoms with van der Waals surface area (Å²) in [7, 11) is 0. The fourth-order valence-corrected chi connectivity index (χ4v) is 5.92. The van der Waals surface area contributed by atoms with Gasteiger partial charge in [0.05, 0.1) is 11.3 Å². The van der Waals surface area contributed by atoms with Gasteiger partial charge < -0.3 is 14.4 Å². The van der Waals surface area contributed by atoms with Crippen molar-refractivity contribution in [1.82, 2.24) is 9.80 Å². The molecular weight excluding hydrogens is 563 g/mol. The average Bonchev–Trinajstić information content (AvgIpc) is 3.47. The third-order valence-electron chi connectivity index (χ3n) is 8.07. The average molecular weight is 588 g/mol. The number of rotatable bonds is 4. The number of hydrogen-bond acceptors (Lipinski definition) is 6. The van der Waals surface area contributed by atoms with E-state index in [1.54, 1.807) is 23.1 Å². The lowest BCUT2D eigenvalue weighted by molar-refractivity contribution is -0.137. The molecule has 3 aliphatic heterocycles. The van der Waals surface area contributed by atoms with Crippen molar-refractivity contribution in [2.75, 3.05) is 37.9 Å². The standard InChI is InChI=1S/C32H24F3N3O5/c33-32(34,35)20-3-1-4-21(16-20)38-30(40)24-6-2-5-22-23(8-9-25(28(22)24)31(38)41)29(39)37-13-11-36(12-14-37)17-19-7-10-26-27(15-19)43-18-42-26/h1-10,15-16H,11-14,17-18H2. The maximum atomic E-state index is 13.7. The summed E-state index contributed by atoms with van der Waals surface area (Å²) in [5.74, 6) is -0.254. The molecular formula is C32H24F3N3O5. The lowest BCUT2D eigenvalue weighted by Gasteiger charge is -2.35. The van der Waals surface area contributed by atoms with Crippen molar-refractivity contribution in [3.63, 3.8) is 0 Å². The molecule has 3 aliphatic rings. The number of halogens is 3. The predicted octanol–water partition coefficient (Wildman–Crippen LogP) is 5.35. The number of piperazine rings is 1. The molecule has 3 heterocycles. The van der Waals surface area contributed by atoms with Crippen molar-refractivity contribution >= 4 is 34.2 Å². The molecule has 1 saturated heterocycles. The molecule has 218 valence electrons. The zero-order chi connectivity index (χ0) is 29.9. The Bertz CT molecular complexity index is 1790. The number of carbonyl (C=O) groups is 3. The van der Waals surface area contributed by atoms with Crippen LogP contribution in [0.3, 0.4) is 0 Å². The Morgan fingerprint density at radius 2 is 1.51 bits per heavy atom. The molecule has 11 heteroatoms. The van der Waals surface area contributed by atoms with Crippen molar-refractivity contribution in [2.45, 2.75) is 12.7 Å². The number of nitrogens with zero attached hydrogens (tertiary/aromatic N) is 3. The van der Waals surface area contributed by atoms with Gasteiger partial charge in [0.1, 0.15) is 0 Å². The first-order valence-electron chi connectivity index (χ1n) is 13.7. The van der Waals surface area contributed by atoms with E-state index in [-0.39, 0.29) is 29.5 Å². The molecule has 4 aromatic carbocycles. The monoisotopic (exact) mass is 587 g/mol. The third-order valence-corrected chi connectivity index (χ3v) is 8.07. The normalized spacial score (nSPS) is 16.7. The number of imide groups is 1. The molecule has 1 fully saturated rings. The van der Waals surface area contributed by atoms with Crippen molar-refractivity contribution in [3.8, 4) is 11.5 Å². The lowest BCUT2D eigenvalue weighted by atomic mass is 9.90. The van der Waals surface area contributed by atoms with Crippen LogP contribution in [0.4, 0.5) is 18.9 Å². The molecule has 43 heavy (non-hydrogen) atoms. The number of carbonyl (C=O) groups excluding carboxylic acids is 3. The molecule has 0 spiro atoms. The maximum absolute atomic E-state index is 13.7. The quantitative estimate of drug-likeness (QED) is 0.300. The van der Waals surface area contributed by atoms with Crippen LogP contribution in [0, 0.1) is 0 Å². The molecule has 7 rings (SSSR count). The van der Waals surface area contributed by atoms with Crippen molar-refractivity contribution in [3.05, 3.63) is 101 Å². The predicted molar refractivity (Wildman–Crippen MR) is 150 cm³/mol. The second-order valence-electron chi connectivity index (χ2n) is 10.6. The van der Waals surface area contributed by atoms with Gasteiger partial charge in [-0.1, -0.05) is 24.3 Å². The first-order chi connectivity index (χ1) is 20.7. The zero-order valence-electron chi connectivity index (χ0n) is 22.7. The van der Waals surface area contributed by atoms with Gasteiger partial charge >= 0.3 is 6.18 Å². The number of amides is 3. The molecule has 4 aromatic rings. The van der Waals surface area contributed by atoms with E-state index in [0.29, 0.717) is 49.1 Å². The largest absolute Gasteiger partial charge is 0.454 e. The Morgan fingerprint density at radius 1 is 0.791 bits per heavy atom. The van der Waals surface area contributed by atoms with E-state index in [4.69, 9.17) is 9.47 Å². The van der Waals surface area contributed by atoms with Crippen LogP contribution in [-0.4, -0.2) is 60.5 Å². The fraction of sp³-hybridized carbons (Fsp3) is 0.219. The van der Waals surface area contributed by atoms with Gasteiger partial charge in [-0.2, -0.15) is 13.2 Å². The van der Waals surface area contributed by atoms with Crippen LogP contribution in [0.1, 0.15) is 42.2 Å². The zero-order valence-corrected chi connectivity index (χ0v) is 22.7. The Balaban J connectivity index is 1.12. The van der Waals surface area contributed by atoms with Crippen LogP contribution >= 0.6 is 0 Å². The first kappa shape index (κ1) is 27.0. The third kappa shape index (κ3) is 4.65. The second-order valence-corrected chi connectivity index (χ2v) is 10.6. The van der Waals surface area contributed by atoms with Gasteiger partial charge in [-0.3, -0.25) is 19.3 Å². The number of fused-ring (bicyclic) bond motifs is 1. The Kier molecular flexibility index (Phi) is 6.35. The highest BCUT2D eigenvalue weighted by Crippen LogP contribution is 2.37. The summed E-state index contributed by atoms with van der Waals surface area (Å²) >= 11 is 0. The maximum Gasteiger partial charge on any atom is 0.416 e. The smallest absolute Gasteiger partial charge is 0.416 e. The number of ether oxygens (including phenoxy) is 2. The van der Waals surface area contributed by atoms with E-state index in [9.17, 15) is 27.6 Å². The molecule has 0 N–H and O–H groups in total. The topological polar surface area (TPSA) is 79.4 Å². The number of alkyl halides is 3. The van der Waals surface area contributed by atoms with E-state index < -0.39 is 23.6 Å². The van der Waals surface area contributed by atoms with Crippen molar-refractivity contribution < 1.29 is 37.0 Å². The van der Waals surface area contributed by atoms with Crippen molar-refractivity contribution in [1.29, 1.82) is 0 Å². The Labute approximate surface area is 243 Å². The number of anilines is 1. The number of benzene rings is 4. The first-order valence-corrected chi connectivity index (χ1v) is 13.7. The van der Waals surface area contributed by atoms with Crippen LogP contribution in [0.15, 0.2) is 72.8 Å². The molecule has 0 saturated carbocycles. The molecule has 0 bridgehead atoms. The lowest BCUT2D eigenvalue weighted by Crippen LogP contribution is -2.48. The van der Waals surface area contributed by atoms with Crippen molar-refractivity contribution in [2.24, 2.45) is 0 Å². The van der Waals surface area contributed by atoms with E-state index in [2.05, 4.69) is 4.90 Å². The summed E-state index contributed by atoms with van der Waals surface area (Å²) in [5.41, 5.74) is 0.595. The van der Waals surface area contributed by atoms with Crippen LogP contribution in [0.5, 0.6) is 11.5 Å². The highest BCUT2D eigenvalue weighted by Gasteiger charge is 2.37. The van der Waals surface area contributed by atoms with E-state index in [1.165, 1.54) is 18.2 Å². The molecule has 0 radical (unpaired) electrons. The molecule has 3 amide bonds. The Morgan fingerprint density at radius 3 is 2.28 bits per heavy atom. The molecule has 0 aliphatic carbocycles. The summed E-state index contributed by atoms with van der Waals surface area (Å²) < 4.78 is 50.9. The summed E-state index contributed by atoms with van der Waals surface area (Å²) in [6.45, 7) is 3.22. The van der Waals surface area contributed by atoms with Gasteiger partial charge in [0, 0.05) is 54.8 Å². The van der Waals surface area contributed by atoms with Crippen LogP contribution < -0.4 is 14.4 Å². The molecule has 0 aromatic heterocycles. The van der Waals surface area contributed by atoms with Crippen LogP contribution in [0.25, 0.3) is 10.8 Å². The summed E-state index contributed by atoms with van der Waals surface area (Å²) in [6.07, 6.45) is -4.64. The van der Waals surface area contributed by atoms with Gasteiger partial charge in [-0.05, 0) is 59.5 Å². The minimum Gasteiger partial charge on any atom is -0.454 e. The molecule has 8 nitrogen and oxygen atoms in total. The summed E-state index contributed by atoms with van der Waals surface area (Å²) in [6, 6.07) is 17.8. The van der Waals surface area contributed by atoms with E-state index in [1.807, 2.05) is 18.2 Å². The molecule has 0 unspecified atom stereocenters. The minimum atomic E-state index is -4.64. The second kappa shape index (κ2) is 10.1. The highest BCUT2D eigenvalue weighted by molar-refractivity contribution is 6.36. The van der Waals surface area contributed by atoms with E-state index in [0.717, 1.165) is 40.2 Å².